The highest BCUT2D eigenvalue weighted by Crippen LogP contribution is 2.32. The van der Waals surface area contributed by atoms with Gasteiger partial charge in [0.2, 0.25) is 0 Å². The Hall–Kier alpha value is -1.55. The summed E-state index contributed by atoms with van der Waals surface area (Å²) < 4.78 is 10.5. The van der Waals surface area contributed by atoms with Crippen LogP contribution in [0.3, 0.4) is 0 Å². The van der Waals surface area contributed by atoms with Gasteiger partial charge in [-0.1, -0.05) is 19.4 Å². The summed E-state index contributed by atoms with van der Waals surface area (Å²) in [5.74, 6) is 0.831. The largest absolute Gasteiger partial charge is 0.496 e. The van der Waals surface area contributed by atoms with Crippen molar-refractivity contribution < 1.29 is 14.3 Å². The molecule has 100 valence electrons. The molecule has 18 heavy (non-hydrogen) atoms. The van der Waals surface area contributed by atoms with Crippen LogP contribution in [0.2, 0.25) is 0 Å². The maximum Gasteiger partial charge on any atom is 0.189 e. The SMILES string of the molecule is CCCC(C)(N)C(=O)c1c(OC)cccc1OC. The summed E-state index contributed by atoms with van der Waals surface area (Å²) in [6, 6.07) is 5.25. The van der Waals surface area contributed by atoms with E-state index in [0.29, 0.717) is 23.5 Å². The highest BCUT2D eigenvalue weighted by Gasteiger charge is 2.32. The van der Waals surface area contributed by atoms with Crippen LogP contribution in [0, 0.1) is 0 Å². The molecule has 0 aliphatic rings. The number of carbonyl (C=O) groups is 1. The average Bonchev–Trinajstić information content (AvgIpc) is 2.36. The lowest BCUT2D eigenvalue weighted by molar-refractivity contribution is 0.0886. The molecule has 1 aromatic rings. The molecule has 4 nitrogen and oxygen atoms in total. The van der Waals surface area contributed by atoms with E-state index in [0.717, 1.165) is 6.42 Å². The summed E-state index contributed by atoms with van der Waals surface area (Å²) >= 11 is 0. The molecule has 0 fully saturated rings. The fourth-order valence-corrected chi connectivity index (χ4v) is 1.99. The van der Waals surface area contributed by atoms with Crippen molar-refractivity contribution in [2.24, 2.45) is 5.73 Å². The summed E-state index contributed by atoms with van der Waals surface area (Å²) in [6.07, 6.45) is 1.46. The zero-order chi connectivity index (χ0) is 13.8. The topological polar surface area (TPSA) is 61.6 Å². The van der Waals surface area contributed by atoms with Crippen LogP contribution in [0.1, 0.15) is 37.0 Å². The molecule has 0 radical (unpaired) electrons. The lowest BCUT2D eigenvalue weighted by Gasteiger charge is -2.24. The quantitative estimate of drug-likeness (QED) is 0.789. The van der Waals surface area contributed by atoms with E-state index in [9.17, 15) is 4.79 Å². The van der Waals surface area contributed by atoms with Crippen LogP contribution >= 0.6 is 0 Å². The molecular formula is C14H21NO3. The minimum Gasteiger partial charge on any atom is -0.496 e. The third kappa shape index (κ3) is 2.82. The summed E-state index contributed by atoms with van der Waals surface area (Å²) in [6.45, 7) is 3.74. The van der Waals surface area contributed by atoms with Crippen molar-refractivity contribution in [3.05, 3.63) is 23.8 Å². The normalized spacial score (nSPS) is 13.8. The maximum atomic E-state index is 12.5. The van der Waals surface area contributed by atoms with Crippen LogP contribution < -0.4 is 15.2 Å². The van der Waals surface area contributed by atoms with Crippen LogP contribution in [0.5, 0.6) is 11.5 Å². The van der Waals surface area contributed by atoms with Crippen molar-refractivity contribution in [2.45, 2.75) is 32.2 Å². The van der Waals surface area contributed by atoms with Crippen molar-refractivity contribution in [2.75, 3.05) is 14.2 Å². The molecule has 0 bridgehead atoms. The van der Waals surface area contributed by atoms with Crippen molar-refractivity contribution in [1.29, 1.82) is 0 Å². The number of benzene rings is 1. The highest BCUT2D eigenvalue weighted by molar-refractivity contribution is 6.07. The van der Waals surface area contributed by atoms with Crippen LogP contribution in [-0.2, 0) is 0 Å². The maximum absolute atomic E-state index is 12.5. The van der Waals surface area contributed by atoms with Gasteiger partial charge in [0.25, 0.3) is 0 Å². The average molecular weight is 251 g/mol. The molecule has 1 aromatic carbocycles. The zero-order valence-corrected chi connectivity index (χ0v) is 11.4. The lowest BCUT2D eigenvalue weighted by Crippen LogP contribution is -2.45. The Kier molecular flexibility index (Phi) is 4.73. The lowest BCUT2D eigenvalue weighted by atomic mass is 9.87. The number of ketones is 1. The first-order chi connectivity index (χ1) is 8.47. The van der Waals surface area contributed by atoms with Crippen LogP contribution in [-0.4, -0.2) is 25.5 Å². The first-order valence-electron chi connectivity index (χ1n) is 6.02. The van der Waals surface area contributed by atoms with E-state index >= 15 is 0 Å². The fourth-order valence-electron chi connectivity index (χ4n) is 1.99. The number of ether oxygens (including phenoxy) is 2. The van der Waals surface area contributed by atoms with E-state index < -0.39 is 5.54 Å². The van der Waals surface area contributed by atoms with Gasteiger partial charge in [-0.15, -0.1) is 0 Å². The van der Waals surface area contributed by atoms with Crippen molar-refractivity contribution >= 4 is 5.78 Å². The number of rotatable bonds is 6. The smallest absolute Gasteiger partial charge is 0.189 e. The predicted octanol–water partition coefficient (Wildman–Crippen LogP) is 2.40. The zero-order valence-electron chi connectivity index (χ0n) is 11.4. The number of nitrogens with two attached hydrogens (primary N) is 1. The van der Waals surface area contributed by atoms with Gasteiger partial charge in [-0.05, 0) is 25.5 Å². The van der Waals surface area contributed by atoms with E-state index in [-0.39, 0.29) is 5.78 Å². The minimum atomic E-state index is -0.906. The Morgan fingerprint density at radius 3 is 2.17 bits per heavy atom. The Morgan fingerprint density at radius 1 is 1.28 bits per heavy atom. The first-order valence-corrected chi connectivity index (χ1v) is 6.02. The molecule has 0 amide bonds. The Labute approximate surface area is 108 Å². The second kappa shape index (κ2) is 5.87. The van der Waals surface area contributed by atoms with Crippen molar-refractivity contribution in [1.82, 2.24) is 0 Å². The number of methoxy groups -OCH3 is 2. The van der Waals surface area contributed by atoms with Gasteiger partial charge in [0.15, 0.2) is 5.78 Å². The van der Waals surface area contributed by atoms with Crippen LogP contribution in [0.15, 0.2) is 18.2 Å². The van der Waals surface area contributed by atoms with E-state index in [1.165, 1.54) is 14.2 Å². The predicted molar refractivity (Wildman–Crippen MR) is 71.4 cm³/mol. The third-order valence-electron chi connectivity index (χ3n) is 2.94. The summed E-state index contributed by atoms with van der Waals surface area (Å²) in [5, 5.41) is 0. The van der Waals surface area contributed by atoms with Gasteiger partial charge in [0.05, 0.1) is 19.8 Å². The van der Waals surface area contributed by atoms with Gasteiger partial charge in [0, 0.05) is 0 Å². The van der Waals surface area contributed by atoms with Gasteiger partial charge in [0.1, 0.15) is 17.1 Å². The minimum absolute atomic E-state index is 0.154. The summed E-state index contributed by atoms with van der Waals surface area (Å²) in [4.78, 5) is 12.5. The third-order valence-corrected chi connectivity index (χ3v) is 2.94. The van der Waals surface area contributed by atoms with E-state index in [1.54, 1.807) is 25.1 Å². The fraction of sp³-hybridized carbons (Fsp3) is 0.500. The molecule has 4 heteroatoms. The molecule has 0 spiro atoms. The van der Waals surface area contributed by atoms with E-state index in [1.807, 2.05) is 6.92 Å². The summed E-state index contributed by atoms with van der Waals surface area (Å²) in [7, 11) is 3.05. The Morgan fingerprint density at radius 2 is 1.78 bits per heavy atom. The van der Waals surface area contributed by atoms with Crippen LogP contribution in [0.25, 0.3) is 0 Å². The number of carbonyl (C=O) groups excluding carboxylic acids is 1. The molecule has 1 unspecified atom stereocenters. The molecule has 0 aliphatic heterocycles. The molecule has 0 saturated heterocycles. The molecule has 1 atom stereocenters. The Bertz CT molecular complexity index is 405. The van der Waals surface area contributed by atoms with Crippen molar-refractivity contribution in [3.63, 3.8) is 0 Å². The van der Waals surface area contributed by atoms with Crippen molar-refractivity contribution in [3.8, 4) is 11.5 Å². The molecule has 0 saturated carbocycles. The van der Waals surface area contributed by atoms with E-state index in [4.69, 9.17) is 15.2 Å². The summed E-state index contributed by atoms with van der Waals surface area (Å²) in [5.41, 5.74) is 5.60. The molecule has 0 aliphatic carbocycles. The molecule has 0 aromatic heterocycles. The van der Waals surface area contributed by atoms with Gasteiger partial charge in [-0.2, -0.15) is 0 Å². The molecule has 1 rings (SSSR count). The molecule has 2 N–H and O–H groups in total. The highest BCUT2D eigenvalue weighted by atomic mass is 16.5. The standard InChI is InChI=1S/C14H21NO3/c1-5-9-14(2,15)13(16)12-10(17-3)7-6-8-11(12)18-4/h6-8H,5,9,15H2,1-4H3. The van der Waals surface area contributed by atoms with Gasteiger partial charge in [-0.25, -0.2) is 0 Å². The molecular weight excluding hydrogens is 230 g/mol. The second-order valence-electron chi connectivity index (χ2n) is 4.53. The number of hydrogen-bond donors (Lipinski definition) is 1. The second-order valence-corrected chi connectivity index (χ2v) is 4.53. The van der Waals surface area contributed by atoms with Gasteiger partial charge >= 0.3 is 0 Å². The van der Waals surface area contributed by atoms with Crippen LogP contribution in [0.4, 0.5) is 0 Å². The number of Topliss-reactive ketones (excluding diaryl/α,β-unsaturated/α-hetero) is 1. The van der Waals surface area contributed by atoms with Gasteiger partial charge < -0.3 is 15.2 Å². The molecule has 0 heterocycles. The Balaban J connectivity index is 3.26. The van der Waals surface area contributed by atoms with Gasteiger partial charge in [-0.3, -0.25) is 4.79 Å². The monoisotopic (exact) mass is 251 g/mol. The number of hydrogen-bond acceptors (Lipinski definition) is 4. The van der Waals surface area contributed by atoms with E-state index in [2.05, 4.69) is 0 Å². The first kappa shape index (κ1) is 14.5.